The molecule has 0 unspecified atom stereocenters. The van der Waals surface area contributed by atoms with Crippen LogP contribution in [-0.2, 0) is 4.79 Å². The van der Waals surface area contributed by atoms with E-state index in [-0.39, 0.29) is 30.1 Å². The summed E-state index contributed by atoms with van der Waals surface area (Å²) in [5.74, 6) is -1.59. The topological polar surface area (TPSA) is 78.4 Å². The summed E-state index contributed by atoms with van der Waals surface area (Å²) < 4.78 is 35.4. The van der Waals surface area contributed by atoms with E-state index in [1.807, 2.05) is 0 Å². The summed E-state index contributed by atoms with van der Waals surface area (Å²) in [7, 11) is 0. The first-order chi connectivity index (χ1) is 8.78. The van der Waals surface area contributed by atoms with Crippen LogP contribution in [0.1, 0.15) is 19.3 Å². The van der Waals surface area contributed by atoms with E-state index < -0.39 is 23.4 Å². The molecule has 3 N–H and O–H groups in total. The minimum atomic E-state index is -4.29. The molecule has 2 amide bonds. The van der Waals surface area contributed by atoms with Crippen molar-refractivity contribution in [3.05, 3.63) is 0 Å². The molecule has 1 aliphatic carbocycles. The lowest BCUT2D eigenvalue weighted by atomic mass is 10.1. The molecule has 1 rings (SSSR count). The molecule has 0 aromatic rings. The van der Waals surface area contributed by atoms with Gasteiger partial charge in [-0.15, -0.1) is 0 Å². The van der Waals surface area contributed by atoms with Gasteiger partial charge in [-0.1, -0.05) is 0 Å². The Morgan fingerprint density at radius 2 is 2.00 bits per heavy atom. The second-order valence-corrected chi connectivity index (χ2v) is 5.40. The monoisotopic (exact) mass is 300 g/mol. The number of carbonyl (C=O) groups excluding carboxylic acids is 1. The van der Waals surface area contributed by atoms with Gasteiger partial charge in [-0.3, -0.25) is 4.79 Å². The number of urea groups is 1. The fraction of sp³-hybridized carbons (Fsp3) is 0.800. The van der Waals surface area contributed by atoms with E-state index in [0.29, 0.717) is 19.3 Å². The normalized spacial score (nSPS) is 23.1. The number of thioether (sulfide) groups is 1. The molecule has 5 nitrogen and oxygen atoms in total. The Kier molecular flexibility index (Phi) is 5.77. The molecule has 0 bridgehead atoms. The summed E-state index contributed by atoms with van der Waals surface area (Å²) in [6.07, 6.45) is 1.44. The fourth-order valence-electron chi connectivity index (χ4n) is 1.90. The molecule has 0 radical (unpaired) electrons. The molecule has 110 valence electrons. The van der Waals surface area contributed by atoms with Gasteiger partial charge in [-0.05, 0) is 31.0 Å². The van der Waals surface area contributed by atoms with Crippen LogP contribution in [0, 0.1) is 5.92 Å². The average Bonchev–Trinajstić information content (AvgIpc) is 2.71. The van der Waals surface area contributed by atoms with Crippen molar-refractivity contribution in [2.45, 2.75) is 30.8 Å². The Bertz CT molecular complexity index is 338. The maximum absolute atomic E-state index is 11.8. The van der Waals surface area contributed by atoms with Gasteiger partial charge in [0.1, 0.15) is 0 Å². The predicted octanol–water partition coefficient (Wildman–Crippen LogP) is 1.79. The first-order valence-electron chi connectivity index (χ1n) is 5.76. The zero-order valence-electron chi connectivity index (χ0n) is 10.00. The number of amides is 2. The number of hydrogen-bond acceptors (Lipinski definition) is 3. The molecule has 2 atom stereocenters. The van der Waals surface area contributed by atoms with Crippen molar-refractivity contribution in [2.75, 3.05) is 12.3 Å². The van der Waals surface area contributed by atoms with Crippen LogP contribution >= 0.6 is 11.8 Å². The summed E-state index contributed by atoms with van der Waals surface area (Å²) in [6, 6.07) is -0.782. The van der Waals surface area contributed by atoms with Crippen molar-refractivity contribution in [3.8, 4) is 0 Å². The number of carbonyl (C=O) groups is 2. The molecular formula is C10H15F3N2O3S. The van der Waals surface area contributed by atoms with Crippen molar-refractivity contribution in [2.24, 2.45) is 5.92 Å². The van der Waals surface area contributed by atoms with Crippen molar-refractivity contribution in [3.63, 3.8) is 0 Å². The fourth-order valence-corrected chi connectivity index (χ4v) is 2.34. The van der Waals surface area contributed by atoms with Gasteiger partial charge in [0.25, 0.3) is 0 Å². The molecule has 1 saturated carbocycles. The van der Waals surface area contributed by atoms with Gasteiger partial charge in [-0.2, -0.15) is 13.2 Å². The highest BCUT2D eigenvalue weighted by Gasteiger charge is 2.30. The number of carboxylic acid groups (broad SMARTS) is 1. The summed E-state index contributed by atoms with van der Waals surface area (Å²) in [6.45, 7) is -0.0922. The number of rotatable bonds is 5. The summed E-state index contributed by atoms with van der Waals surface area (Å²) >= 11 is -0.198. The number of halogens is 3. The number of nitrogens with one attached hydrogen (secondary N) is 2. The van der Waals surface area contributed by atoms with Gasteiger partial charge in [0.15, 0.2) is 0 Å². The molecule has 0 spiro atoms. The van der Waals surface area contributed by atoms with E-state index in [1.54, 1.807) is 0 Å². The van der Waals surface area contributed by atoms with E-state index in [1.165, 1.54) is 0 Å². The van der Waals surface area contributed by atoms with Gasteiger partial charge in [0.2, 0.25) is 0 Å². The Morgan fingerprint density at radius 1 is 1.32 bits per heavy atom. The Hall–Kier alpha value is -1.12. The van der Waals surface area contributed by atoms with Crippen LogP contribution < -0.4 is 10.6 Å². The minimum absolute atomic E-state index is 0.0922. The van der Waals surface area contributed by atoms with Crippen LogP contribution in [0.4, 0.5) is 18.0 Å². The van der Waals surface area contributed by atoms with Crippen LogP contribution in [-0.4, -0.2) is 41.0 Å². The molecule has 0 aliphatic heterocycles. The highest BCUT2D eigenvalue weighted by Crippen LogP contribution is 2.29. The van der Waals surface area contributed by atoms with E-state index >= 15 is 0 Å². The van der Waals surface area contributed by atoms with Gasteiger partial charge < -0.3 is 15.7 Å². The standard InChI is InChI=1S/C10H15F3N2O3S/c11-10(12,13)19-4-3-14-9(18)15-7-2-1-6(5-7)8(16)17/h6-7H,1-5H2,(H,16,17)(H2,14,15,18)/t6-,7+/m1/s1. The van der Waals surface area contributed by atoms with Crippen molar-refractivity contribution >= 4 is 23.8 Å². The number of alkyl halides is 3. The Morgan fingerprint density at radius 3 is 2.53 bits per heavy atom. The third-order valence-corrected chi connectivity index (χ3v) is 3.51. The van der Waals surface area contributed by atoms with Gasteiger partial charge in [-0.25, -0.2) is 4.79 Å². The van der Waals surface area contributed by atoms with Crippen LogP contribution in [0.25, 0.3) is 0 Å². The first kappa shape index (κ1) is 15.9. The minimum Gasteiger partial charge on any atom is -0.481 e. The number of hydrogen-bond donors (Lipinski definition) is 3. The second-order valence-electron chi connectivity index (χ2n) is 4.24. The molecule has 0 saturated heterocycles. The Labute approximate surface area is 112 Å². The average molecular weight is 300 g/mol. The molecule has 0 heterocycles. The largest absolute Gasteiger partial charge is 0.481 e. The van der Waals surface area contributed by atoms with E-state index in [9.17, 15) is 22.8 Å². The van der Waals surface area contributed by atoms with Crippen LogP contribution in [0.3, 0.4) is 0 Å². The van der Waals surface area contributed by atoms with Crippen LogP contribution in [0.15, 0.2) is 0 Å². The summed E-state index contributed by atoms with van der Waals surface area (Å²) in [5, 5.41) is 13.6. The SMILES string of the molecule is O=C(NCCSC(F)(F)F)N[C@H]1CC[C@@H](C(=O)O)C1. The lowest BCUT2D eigenvalue weighted by Crippen LogP contribution is -2.42. The second kappa shape index (κ2) is 6.88. The van der Waals surface area contributed by atoms with Crippen LogP contribution in [0.2, 0.25) is 0 Å². The maximum atomic E-state index is 11.8. The summed E-state index contributed by atoms with van der Waals surface area (Å²) in [4.78, 5) is 22.0. The highest BCUT2D eigenvalue weighted by atomic mass is 32.2. The zero-order chi connectivity index (χ0) is 14.5. The molecule has 0 aromatic heterocycles. The smallest absolute Gasteiger partial charge is 0.441 e. The zero-order valence-corrected chi connectivity index (χ0v) is 10.8. The summed E-state index contributed by atoms with van der Waals surface area (Å²) in [5.41, 5.74) is -4.29. The third-order valence-electron chi connectivity index (χ3n) is 2.77. The van der Waals surface area contributed by atoms with Gasteiger partial charge in [0, 0.05) is 18.3 Å². The Balaban J connectivity index is 2.13. The number of aliphatic carboxylic acids is 1. The van der Waals surface area contributed by atoms with Gasteiger partial charge >= 0.3 is 17.5 Å². The molecule has 1 aliphatic rings. The van der Waals surface area contributed by atoms with E-state index in [2.05, 4.69) is 10.6 Å². The van der Waals surface area contributed by atoms with Crippen molar-refractivity contribution < 1.29 is 27.9 Å². The molecule has 9 heteroatoms. The molecular weight excluding hydrogens is 285 g/mol. The van der Waals surface area contributed by atoms with Gasteiger partial charge in [0.05, 0.1) is 5.92 Å². The lowest BCUT2D eigenvalue weighted by molar-refractivity contribution is -0.141. The lowest BCUT2D eigenvalue weighted by Gasteiger charge is -2.13. The number of carboxylic acids is 1. The van der Waals surface area contributed by atoms with Crippen molar-refractivity contribution in [1.29, 1.82) is 0 Å². The molecule has 1 fully saturated rings. The van der Waals surface area contributed by atoms with Crippen molar-refractivity contribution in [1.82, 2.24) is 10.6 Å². The van der Waals surface area contributed by atoms with E-state index in [0.717, 1.165) is 0 Å². The maximum Gasteiger partial charge on any atom is 0.441 e. The third kappa shape index (κ3) is 6.55. The highest BCUT2D eigenvalue weighted by molar-refractivity contribution is 8.00. The molecule has 19 heavy (non-hydrogen) atoms. The quantitative estimate of drug-likeness (QED) is 0.676. The van der Waals surface area contributed by atoms with E-state index in [4.69, 9.17) is 5.11 Å². The predicted molar refractivity (Wildman–Crippen MR) is 63.8 cm³/mol. The van der Waals surface area contributed by atoms with Crippen LogP contribution in [0.5, 0.6) is 0 Å². The molecule has 0 aromatic carbocycles. The first-order valence-corrected chi connectivity index (χ1v) is 6.74.